The molecule has 1 saturated carbocycles. The summed E-state index contributed by atoms with van der Waals surface area (Å²) in [4.78, 5) is 4.39. The zero-order valence-corrected chi connectivity index (χ0v) is 15.7. The predicted molar refractivity (Wildman–Crippen MR) is 104 cm³/mol. The molecule has 7 heteroatoms. The number of nitrogen functional groups attached to an aromatic ring is 1. The lowest BCUT2D eigenvalue weighted by Gasteiger charge is -2.20. The van der Waals surface area contributed by atoms with E-state index in [1.165, 1.54) is 12.1 Å². The van der Waals surface area contributed by atoms with E-state index in [-0.39, 0.29) is 11.4 Å². The van der Waals surface area contributed by atoms with Crippen LogP contribution in [0.15, 0.2) is 42.6 Å². The highest BCUT2D eigenvalue weighted by atomic mass is 19.1. The smallest absolute Gasteiger partial charge is 0.167 e. The van der Waals surface area contributed by atoms with E-state index in [0.29, 0.717) is 40.4 Å². The first-order chi connectivity index (χ1) is 13.5. The first-order valence-electron chi connectivity index (χ1n) is 8.91. The number of hydrogen-bond donors (Lipinski definition) is 1. The highest BCUT2D eigenvalue weighted by Crippen LogP contribution is 2.45. The SMILES string of the molecule is COCC1(Oc2cc3nccc(Oc4ccc(N)cc4F)c3cc2OC)CC1. The summed E-state index contributed by atoms with van der Waals surface area (Å²) in [6, 6.07) is 9.55. The van der Waals surface area contributed by atoms with Crippen LogP contribution < -0.4 is 19.9 Å². The first-order valence-corrected chi connectivity index (χ1v) is 8.91. The largest absolute Gasteiger partial charge is 0.493 e. The third kappa shape index (κ3) is 3.53. The minimum absolute atomic E-state index is 0.0815. The van der Waals surface area contributed by atoms with Crippen molar-refractivity contribution < 1.29 is 23.3 Å². The van der Waals surface area contributed by atoms with Crippen LogP contribution in [-0.4, -0.2) is 31.4 Å². The molecule has 0 radical (unpaired) electrons. The van der Waals surface area contributed by atoms with Crippen LogP contribution >= 0.6 is 0 Å². The molecular weight excluding hydrogens is 363 g/mol. The number of ether oxygens (including phenoxy) is 4. The van der Waals surface area contributed by atoms with E-state index < -0.39 is 5.82 Å². The van der Waals surface area contributed by atoms with E-state index in [2.05, 4.69) is 4.98 Å². The number of anilines is 1. The Bertz CT molecular complexity index is 1020. The number of nitrogens with two attached hydrogens (primary N) is 1. The highest BCUT2D eigenvalue weighted by molar-refractivity contribution is 5.88. The molecule has 0 amide bonds. The molecule has 146 valence electrons. The molecular formula is C21H21FN2O4. The molecule has 1 aliphatic carbocycles. The second-order valence-corrected chi connectivity index (χ2v) is 6.84. The number of methoxy groups -OCH3 is 2. The molecule has 0 atom stereocenters. The topological polar surface area (TPSA) is 75.8 Å². The summed E-state index contributed by atoms with van der Waals surface area (Å²) < 4.78 is 36.9. The van der Waals surface area contributed by atoms with Crippen LogP contribution in [0.3, 0.4) is 0 Å². The van der Waals surface area contributed by atoms with Crippen molar-refractivity contribution in [2.24, 2.45) is 0 Å². The van der Waals surface area contributed by atoms with Crippen molar-refractivity contribution in [3.8, 4) is 23.0 Å². The van der Waals surface area contributed by atoms with Crippen molar-refractivity contribution in [3.63, 3.8) is 0 Å². The van der Waals surface area contributed by atoms with E-state index in [0.717, 1.165) is 12.8 Å². The zero-order valence-electron chi connectivity index (χ0n) is 15.7. The fourth-order valence-corrected chi connectivity index (χ4v) is 3.09. The van der Waals surface area contributed by atoms with Gasteiger partial charge in [-0.15, -0.1) is 0 Å². The van der Waals surface area contributed by atoms with E-state index >= 15 is 0 Å². The van der Waals surface area contributed by atoms with Gasteiger partial charge in [-0.2, -0.15) is 0 Å². The lowest BCUT2D eigenvalue weighted by Crippen LogP contribution is -2.24. The van der Waals surface area contributed by atoms with Gasteiger partial charge in [0.05, 0.1) is 19.2 Å². The molecule has 0 aliphatic heterocycles. The summed E-state index contributed by atoms with van der Waals surface area (Å²) in [5.74, 6) is 1.14. The number of hydrogen-bond acceptors (Lipinski definition) is 6. The maximum absolute atomic E-state index is 14.1. The minimum atomic E-state index is -0.535. The van der Waals surface area contributed by atoms with E-state index in [1.54, 1.807) is 44.7 Å². The van der Waals surface area contributed by atoms with Crippen molar-refractivity contribution in [1.82, 2.24) is 4.98 Å². The van der Waals surface area contributed by atoms with Gasteiger partial charge in [-0.3, -0.25) is 4.98 Å². The molecule has 0 saturated heterocycles. The summed E-state index contributed by atoms with van der Waals surface area (Å²) in [5.41, 5.74) is 6.27. The van der Waals surface area contributed by atoms with Crippen LogP contribution in [0.5, 0.6) is 23.0 Å². The molecule has 1 fully saturated rings. The van der Waals surface area contributed by atoms with E-state index in [9.17, 15) is 4.39 Å². The number of fused-ring (bicyclic) bond motifs is 1. The molecule has 0 unspecified atom stereocenters. The van der Waals surface area contributed by atoms with Crippen LogP contribution in [0.1, 0.15) is 12.8 Å². The molecule has 6 nitrogen and oxygen atoms in total. The highest BCUT2D eigenvalue weighted by Gasteiger charge is 2.46. The van der Waals surface area contributed by atoms with Gasteiger partial charge in [-0.1, -0.05) is 0 Å². The number of benzene rings is 2. The van der Waals surface area contributed by atoms with Crippen LogP contribution in [0.25, 0.3) is 10.9 Å². The molecule has 1 aromatic heterocycles. The fourth-order valence-electron chi connectivity index (χ4n) is 3.09. The zero-order chi connectivity index (χ0) is 19.7. The molecule has 1 heterocycles. The van der Waals surface area contributed by atoms with Gasteiger partial charge in [0.25, 0.3) is 0 Å². The molecule has 0 spiro atoms. The lowest BCUT2D eigenvalue weighted by atomic mass is 10.1. The number of nitrogens with zero attached hydrogens (tertiary/aromatic N) is 1. The summed E-state index contributed by atoms with van der Waals surface area (Å²) in [5, 5.41) is 0.680. The number of pyridine rings is 1. The third-order valence-electron chi connectivity index (χ3n) is 4.70. The molecule has 2 aromatic carbocycles. The van der Waals surface area contributed by atoms with Crippen molar-refractivity contribution in [2.45, 2.75) is 18.4 Å². The van der Waals surface area contributed by atoms with Gasteiger partial charge in [-0.25, -0.2) is 4.39 Å². The minimum Gasteiger partial charge on any atom is -0.493 e. The van der Waals surface area contributed by atoms with Crippen molar-refractivity contribution in [2.75, 3.05) is 26.6 Å². The maximum atomic E-state index is 14.1. The summed E-state index contributed by atoms with van der Waals surface area (Å²) >= 11 is 0. The summed E-state index contributed by atoms with van der Waals surface area (Å²) in [7, 11) is 3.23. The second kappa shape index (κ2) is 7.16. The van der Waals surface area contributed by atoms with Crippen LogP contribution in [0.2, 0.25) is 0 Å². The monoisotopic (exact) mass is 384 g/mol. The molecule has 2 N–H and O–H groups in total. The Kier molecular flexibility index (Phi) is 4.68. The normalized spacial score (nSPS) is 14.7. The van der Waals surface area contributed by atoms with Crippen LogP contribution in [-0.2, 0) is 4.74 Å². The van der Waals surface area contributed by atoms with Crippen molar-refractivity contribution in [3.05, 3.63) is 48.4 Å². The Hall–Kier alpha value is -3.06. The quantitative estimate of drug-likeness (QED) is 0.612. The molecule has 1 aliphatic rings. The number of aromatic nitrogens is 1. The molecule has 3 aromatic rings. The van der Waals surface area contributed by atoms with Crippen molar-refractivity contribution in [1.29, 1.82) is 0 Å². The summed E-state index contributed by atoms with van der Waals surface area (Å²) in [6.45, 7) is 0.515. The lowest BCUT2D eigenvalue weighted by molar-refractivity contribution is 0.0620. The van der Waals surface area contributed by atoms with Gasteiger partial charge < -0.3 is 24.7 Å². The molecule has 28 heavy (non-hydrogen) atoms. The third-order valence-corrected chi connectivity index (χ3v) is 4.70. The predicted octanol–water partition coefficient (Wildman–Crippen LogP) is 4.31. The van der Waals surface area contributed by atoms with Gasteiger partial charge in [0, 0.05) is 36.5 Å². The molecule has 4 rings (SSSR count). The maximum Gasteiger partial charge on any atom is 0.167 e. The Labute approximate surface area is 162 Å². The van der Waals surface area contributed by atoms with E-state index in [1.807, 2.05) is 0 Å². The van der Waals surface area contributed by atoms with Crippen molar-refractivity contribution >= 4 is 16.6 Å². The fraction of sp³-hybridized carbons (Fsp3) is 0.286. The Morgan fingerprint density at radius 1 is 1.04 bits per heavy atom. The van der Waals surface area contributed by atoms with Gasteiger partial charge in [0.1, 0.15) is 11.4 Å². The van der Waals surface area contributed by atoms with Crippen LogP contribution in [0, 0.1) is 5.82 Å². The van der Waals surface area contributed by atoms with Gasteiger partial charge >= 0.3 is 0 Å². The van der Waals surface area contributed by atoms with E-state index in [4.69, 9.17) is 24.7 Å². The molecule has 0 bridgehead atoms. The second-order valence-electron chi connectivity index (χ2n) is 6.84. The Morgan fingerprint density at radius 3 is 2.54 bits per heavy atom. The first kappa shape index (κ1) is 18.3. The standard InChI is InChI=1S/C21H21FN2O4/c1-25-12-21(6-7-21)28-20-11-16-14(10-19(20)26-2)17(5-8-24-16)27-18-4-3-13(23)9-15(18)22/h3-5,8-11H,6-7,12,23H2,1-2H3. The number of rotatable bonds is 7. The average Bonchev–Trinajstić information content (AvgIpc) is 3.43. The van der Waals surface area contributed by atoms with Gasteiger partial charge in [0.2, 0.25) is 0 Å². The van der Waals surface area contributed by atoms with Gasteiger partial charge in [-0.05, 0) is 37.1 Å². The summed E-state index contributed by atoms with van der Waals surface area (Å²) in [6.07, 6.45) is 3.45. The Morgan fingerprint density at radius 2 is 1.86 bits per heavy atom. The average molecular weight is 384 g/mol. The van der Waals surface area contributed by atoms with Gasteiger partial charge in [0.15, 0.2) is 23.1 Å². The number of halogens is 1. The van der Waals surface area contributed by atoms with Crippen LogP contribution in [0.4, 0.5) is 10.1 Å². The Balaban J connectivity index is 1.71.